The van der Waals surface area contributed by atoms with E-state index in [1.54, 1.807) is 0 Å². The van der Waals surface area contributed by atoms with Gasteiger partial charge in [0.2, 0.25) is 0 Å². The van der Waals surface area contributed by atoms with Crippen molar-refractivity contribution in [3.05, 3.63) is 21.7 Å². The van der Waals surface area contributed by atoms with E-state index in [0.717, 1.165) is 0 Å². The van der Waals surface area contributed by atoms with Gasteiger partial charge in [0.25, 0.3) is 0 Å². The van der Waals surface area contributed by atoms with Gasteiger partial charge in [0.05, 0.1) is 0 Å². The zero-order chi connectivity index (χ0) is 9.56. The molecule has 0 saturated heterocycles. The molecule has 0 aliphatic heterocycles. The largest absolute Gasteiger partial charge is 0.0735 e. The van der Waals surface area contributed by atoms with Gasteiger partial charge in [-0.05, 0) is 44.2 Å². The van der Waals surface area contributed by atoms with Crippen molar-refractivity contribution >= 4 is 15.9 Å². The zero-order valence-corrected chi connectivity index (χ0v) is 10.2. The van der Waals surface area contributed by atoms with Crippen molar-refractivity contribution in [2.24, 2.45) is 0 Å². The lowest BCUT2D eigenvalue weighted by Gasteiger charge is -1.99. The van der Waals surface area contributed by atoms with Crippen LogP contribution < -0.4 is 0 Å². The normalized spacial score (nSPS) is 11.6. The van der Waals surface area contributed by atoms with E-state index in [1.165, 1.54) is 34.9 Å². The van der Waals surface area contributed by atoms with Gasteiger partial charge in [-0.25, -0.2) is 0 Å². The molecule has 0 fully saturated rings. The standard InChI is InChI=1S/C11H19Br/c1-5-6-7-11(12)8-10(4)9(2)3/h8H,5-7H2,1-4H3/b11-8+. The van der Waals surface area contributed by atoms with Gasteiger partial charge >= 0.3 is 0 Å². The molecular weight excluding hydrogens is 212 g/mol. The van der Waals surface area contributed by atoms with Gasteiger partial charge in [0.1, 0.15) is 0 Å². The maximum atomic E-state index is 3.57. The molecule has 70 valence electrons. The summed E-state index contributed by atoms with van der Waals surface area (Å²) in [6.45, 7) is 8.66. The summed E-state index contributed by atoms with van der Waals surface area (Å²) in [7, 11) is 0. The Kier molecular flexibility index (Phi) is 6.45. The molecule has 1 heteroatoms. The van der Waals surface area contributed by atoms with E-state index in [-0.39, 0.29) is 0 Å². The number of rotatable bonds is 4. The molecule has 0 radical (unpaired) electrons. The average Bonchev–Trinajstić information content (AvgIpc) is 2.00. The molecule has 0 unspecified atom stereocenters. The highest BCUT2D eigenvalue weighted by Gasteiger charge is 1.92. The van der Waals surface area contributed by atoms with Crippen molar-refractivity contribution in [1.82, 2.24) is 0 Å². The van der Waals surface area contributed by atoms with Crippen LogP contribution in [0.1, 0.15) is 47.0 Å². The average molecular weight is 231 g/mol. The fourth-order valence-corrected chi connectivity index (χ4v) is 1.42. The molecule has 0 bridgehead atoms. The first-order chi connectivity index (χ1) is 5.57. The quantitative estimate of drug-likeness (QED) is 0.609. The van der Waals surface area contributed by atoms with E-state index in [0.29, 0.717) is 0 Å². The summed E-state index contributed by atoms with van der Waals surface area (Å²) in [6.07, 6.45) is 5.93. The van der Waals surface area contributed by atoms with E-state index in [9.17, 15) is 0 Å². The first kappa shape index (κ1) is 12.0. The van der Waals surface area contributed by atoms with Crippen molar-refractivity contribution in [3.63, 3.8) is 0 Å². The Hall–Kier alpha value is -0.0400. The van der Waals surface area contributed by atoms with Crippen LogP contribution in [0.3, 0.4) is 0 Å². The number of halogens is 1. The predicted octanol–water partition coefficient (Wildman–Crippen LogP) is 4.81. The zero-order valence-electron chi connectivity index (χ0n) is 8.58. The fraction of sp³-hybridized carbons (Fsp3) is 0.636. The second-order valence-electron chi connectivity index (χ2n) is 3.38. The molecule has 0 heterocycles. The van der Waals surface area contributed by atoms with Crippen LogP contribution in [-0.4, -0.2) is 0 Å². The number of hydrogen-bond donors (Lipinski definition) is 0. The molecule has 0 aromatic rings. The summed E-state index contributed by atoms with van der Waals surface area (Å²) in [6, 6.07) is 0. The van der Waals surface area contributed by atoms with Gasteiger partial charge in [-0.3, -0.25) is 0 Å². The smallest absolute Gasteiger partial charge is 0.00468 e. The molecule has 0 spiro atoms. The lowest BCUT2D eigenvalue weighted by Crippen LogP contribution is -1.78. The molecule has 0 atom stereocenters. The lowest BCUT2D eigenvalue weighted by atomic mass is 10.1. The van der Waals surface area contributed by atoms with Crippen LogP contribution in [0, 0.1) is 0 Å². The topological polar surface area (TPSA) is 0 Å². The Morgan fingerprint density at radius 3 is 2.25 bits per heavy atom. The molecule has 0 aliphatic carbocycles. The summed E-state index contributed by atoms with van der Waals surface area (Å²) in [5, 5.41) is 0. The minimum absolute atomic E-state index is 1.17. The van der Waals surface area contributed by atoms with Crippen molar-refractivity contribution in [3.8, 4) is 0 Å². The lowest BCUT2D eigenvalue weighted by molar-refractivity contribution is 0.810. The monoisotopic (exact) mass is 230 g/mol. The third-order valence-electron chi connectivity index (χ3n) is 1.93. The summed E-state index contributed by atoms with van der Waals surface area (Å²) >= 11 is 3.57. The third kappa shape index (κ3) is 5.59. The molecule has 0 saturated carbocycles. The van der Waals surface area contributed by atoms with Gasteiger partial charge in [0, 0.05) is 0 Å². The van der Waals surface area contributed by atoms with Crippen LogP contribution in [0.5, 0.6) is 0 Å². The fourth-order valence-electron chi connectivity index (χ4n) is 0.797. The van der Waals surface area contributed by atoms with Crippen LogP contribution >= 0.6 is 15.9 Å². The minimum atomic E-state index is 1.17. The van der Waals surface area contributed by atoms with E-state index >= 15 is 0 Å². The Morgan fingerprint density at radius 1 is 1.25 bits per heavy atom. The summed E-state index contributed by atoms with van der Waals surface area (Å²) in [4.78, 5) is 0. The van der Waals surface area contributed by atoms with Crippen LogP contribution in [0.2, 0.25) is 0 Å². The summed E-state index contributed by atoms with van der Waals surface area (Å²) in [5.41, 5.74) is 2.77. The Labute approximate surface area is 84.9 Å². The molecule has 0 rings (SSSR count). The van der Waals surface area contributed by atoms with E-state index in [2.05, 4.69) is 49.7 Å². The van der Waals surface area contributed by atoms with Gasteiger partial charge in [-0.15, -0.1) is 0 Å². The van der Waals surface area contributed by atoms with E-state index < -0.39 is 0 Å². The minimum Gasteiger partial charge on any atom is -0.0735 e. The van der Waals surface area contributed by atoms with Crippen LogP contribution in [0.15, 0.2) is 21.7 Å². The summed E-state index contributed by atoms with van der Waals surface area (Å²) in [5.74, 6) is 0. The maximum Gasteiger partial charge on any atom is -0.00468 e. The van der Waals surface area contributed by atoms with E-state index in [4.69, 9.17) is 0 Å². The van der Waals surface area contributed by atoms with Crippen LogP contribution in [0.25, 0.3) is 0 Å². The van der Waals surface area contributed by atoms with Gasteiger partial charge in [0.15, 0.2) is 0 Å². The first-order valence-electron chi connectivity index (χ1n) is 4.58. The van der Waals surface area contributed by atoms with Crippen molar-refractivity contribution in [2.75, 3.05) is 0 Å². The highest BCUT2D eigenvalue weighted by Crippen LogP contribution is 2.17. The second kappa shape index (κ2) is 6.47. The molecule has 12 heavy (non-hydrogen) atoms. The SMILES string of the molecule is CCCC/C(Br)=C\C(C)=C(C)C. The number of hydrogen-bond acceptors (Lipinski definition) is 0. The molecule has 0 nitrogen and oxygen atoms in total. The second-order valence-corrected chi connectivity index (χ2v) is 4.40. The maximum absolute atomic E-state index is 3.57. The molecular formula is C11H19Br. The van der Waals surface area contributed by atoms with Crippen molar-refractivity contribution in [1.29, 1.82) is 0 Å². The molecule has 0 aromatic heterocycles. The van der Waals surface area contributed by atoms with Crippen molar-refractivity contribution in [2.45, 2.75) is 47.0 Å². The van der Waals surface area contributed by atoms with E-state index in [1.807, 2.05) is 0 Å². The predicted molar refractivity (Wildman–Crippen MR) is 60.6 cm³/mol. The highest BCUT2D eigenvalue weighted by molar-refractivity contribution is 9.11. The van der Waals surface area contributed by atoms with Crippen molar-refractivity contribution < 1.29 is 0 Å². The molecule has 0 N–H and O–H groups in total. The highest BCUT2D eigenvalue weighted by atomic mass is 79.9. The Morgan fingerprint density at radius 2 is 1.83 bits per heavy atom. The number of allylic oxidation sites excluding steroid dienone is 4. The van der Waals surface area contributed by atoms with Crippen LogP contribution in [0.4, 0.5) is 0 Å². The first-order valence-corrected chi connectivity index (χ1v) is 5.37. The number of unbranched alkanes of at least 4 members (excludes halogenated alkanes) is 1. The Bertz CT molecular complexity index is 183. The molecule has 0 aliphatic rings. The van der Waals surface area contributed by atoms with Gasteiger partial charge in [-0.1, -0.05) is 40.4 Å². The molecule has 0 amide bonds. The Balaban J connectivity index is 4.08. The van der Waals surface area contributed by atoms with Gasteiger partial charge < -0.3 is 0 Å². The van der Waals surface area contributed by atoms with Gasteiger partial charge in [-0.2, -0.15) is 0 Å². The van der Waals surface area contributed by atoms with Crippen LogP contribution in [-0.2, 0) is 0 Å². The summed E-state index contributed by atoms with van der Waals surface area (Å²) < 4.78 is 1.32. The third-order valence-corrected chi connectivity index (χ3v) is 2.56. The molecule has 0 aromatic carbocycles.